The Labute approximate surface area is 251 Å². The molecule has 1 aliphatic carbocycles. The van der Waals surface area contributed by atoms with Crippen molar-refractivity contribution in [3.8, 4) is 22.7 Å². The van der Waals surface area contributed by atoms with E-state index in [1.54, 1.807) is 22.8 Å². The number of aryl methyl sites for hydroxylation is 1. The number of piperazine rings is 1. The predicted octanol–water partition coefficient (Wildman–Crippen LogP) is 5.38. The molecule has 6 rings (SSSR count). The van der Waals surface area contributed by atoms with Crippen molar-refractivity contribution in [2.75, 3.05) is 31.6 Å². The summed E-state index contributed by atoms with van der Waals surface area (Å²) in [5.41, 5.74) is 5.43. The third kappa shape index (κ3) is 5.07. The summed E-state index contributed by atoms with van der Waals surface area (Å²) in [4.78, 5) is 45.3. The largest absolute Gasteiger partial charge is 0.496 e. The summed E-state index contributed by atoms with van der Waals surface area (Å²) in [7, 11) is 1.67. The number of carbonyl (C=O) groups excluding carboxylic acids is 1. The topological polar surface area (TPSA) is 93.5 Å². The number of nitrogens with zero attached hydrogens (tertiary/aromatic N) is 6. The fourth-order valence-electron chi connectivity index (χ4n) is 6.21. The maximum Gasteiger partial charge on any atom is 0.355 e. The van der Waals surface area contributed by atoms with Crippen LogP contribution in [-0.2, 0) is 4.79 Å². The van der Waals surface area contributed by atoms with Gasteiger partial charge in [0, 0.05) is 37.4 Å². The highest BCUT2D eigenvalue weighted by molar-refractivity contribution is 5.92. The zero-order valence-electron chi connectivity index (χ0n) is 25.5. The summed E-state index contributed by atoms with van der Waals surface area (Å²) in [6, 6.07) is 11.9. The minimum Gasteiger partial charge on any atom is -0.496 e. The van der Waals surface area contributed by atoms with E-state index < -0.39 is 5.69 Å². The molecule has 0 spiro atoms. The quantitative estimate of drug-likeness (QED) is 0.272. The number of ether oxygens (including phenoxy) is 1. The van der Waals surface area contributed by atoms with E-state index in [0.717, 1.165) is 57.7 Å². The maximum absolute atomic E-state index is 14.2. The van der Waals surface area contributed by atoms with Crippen molar-refractivity contribution in [1.82, 2.24) is 24.4 Å². The summed E-state index contributed by atoms with van der Waals surface area (Å²) in [5.74, 6) is 1.69. The van der Waals surface area contributed by atoms with Gasteiger partial charge in [0.25, 0.3) is 0 Å². The molecule has 43 heavy (non-hydrogen) atoms. The lowest BCUT2D eigenvalue weighted by molar-refractivity contribution is -0.126. The van der Waals surface area contributed by atoms with Crippen LogP contribution >= 0.6 is 0 Å². The summed E-state index contributed by atoms with van der Waals surface area (Å²) in [5, 5.41) is 0.813. The molecule has 9 heteroatoms. The third-order valence-corrected chi connectivity index (χ3v) is 8.57. The number of fused-ring (bicyclic) bond motifs is 1. The van der Waals surface area contributed by atoms with Crippen molar-refractivity contribution < 1.29 is 9.53 Å². The number of hydrogen-bond donors (Lipinski definition) is 0. The molecule has 0 bridgehead atoms. The molecule has 1 saturated carbocycles. The van der Waals surface area contributed by atoms with Gasteiger partial charge in [-0.3, -0.25) is 9.78 Å². The number of amides is 1. The lowest BCUT2D eigenvalue weighted by Crippen LogP contribution is -2.54. The molecular formula is C34H38N6O3. The second-order valence-electron chi connectivity index (χ2n) is 11.9. The Morgan fingerprint density at radius 3 is 2.58 bits per heavy atom. The average molecular weight is 579 g/mol. The van der Waals surface area contributed by atoms with Gasteiger partial charge in [0.1, 0.15) is 11.6 Å². The van der Waals surface area contributed by atoms with Crippen molar-refractivity contribution in [3.05, 3.63) is 82.6 Å². The molecule has 4 aromatic rings. The molecule has 9 nitrogen and oxygen atoms in total. The van der Waals surface area contributed by atoms with Crippen LogP contribution in [0.5, 0.6) is 5.75 Å². The number of aromatic nitrogens is 4. The number of hydrogen-bond acceptors (Lipinski definition) is 7. The second kappa shape index (κ2) is 11.3. The van der Waals surface area contributed by atoms with Crippen LogP contribution in [0.3, 0.4) is 0 Å². The highest BCUT2D eigenvalue weighted by Gasteiger charge is 2.33. The van der Waals surface area contributed by atoms with Crippen LogP contribution < -0.4 is 15.3 Å². The van der Waals surface area contributed by atoms with E-state index in [0.29, 0.717) is 37.0 Å². The van der Waals surface area contributed by atoms with E-state index in [1.165, 1.54) is 6.08 Å². The molecule has 2 fully saturated rings. The van der Waals surface area contributed by atoms with Gasteiger partial charge in [-0.2, -0.15) is 4.98 Å². The SMILES string of the molecule is C=CC(=O)N1CCN(c2nc(=O)n(-c3c(C)ccnc3C(C)C)c3nc(-c4ccccc4OC)c(C4CC4)cc23)[C@@H](C)C1. The molecule has 0 unspecified atom stereocenters. The predicted molar refractivity (Wildman–Crippen MR) is 169 cm³/mol. The van der Waals surface area contributed by atoms with Crippen molar-refractivity contribution >= 4 is 22.8 Å². The van der Waals surface area contributed by atoms with Gasteiger partial charge < -0.3 is 14.5 Å². The molecule has 1 aliphatic heterocycles. The number of methoxy groups -OCH3 is 1. The van der Waals surface area contributed by atoms with Gasteiger partial charge >= 0.3 is 5.69 Å². The van der Waals surface area contributed by atoms with E-state index in [2.05, 4.69) is 38.3 Å². The van der Waals surface area contributed by atoms with E-state index in [-0.39, 0.29) is 17.9 Å². The van der Waals surface area contributed by atoms with Crippen molar-refractivity contribution in [2.45, 2.75) is 58.4 Å². The van der Waals surface area contributed by atoms with Crippen molar-refractivity contribution in [3.63, 3.8) is 0 Å². The van der Waals surface area contributed by atoms with Crippen LogP contribution in [0.2, 0.25) is 0 Å². The van der Waals surface area contributed by atoms with Crippen LogP contribution in [-0.4, -0.2) is 63.1 Å². The molecule has 222 valence electrons. The fraction of sp³-hybridized carbons (Fsp3) is 0.382. The lowest BCUT2D eigenvalue weighted by Gasteiger charge is -2.40. The minimum atomic E-state index is -0.407. The molecule has 1 aromatic carbocycles. The van der Waals surface area contributed by atoms with E-state index in [9.17, 15) is 9.59 Å². The molecule has 0 N–H and O–H groups in total. The Morgan fingerprint density at radius 1 is 1.14 bits per heavy atom. The first-order valence-electron chi connectivity index (χ1n) is 15.0. The molecule has 1 amide bonds. The molecule has 1 saturated heterocycles. The Morgan fingerprint density at radius 2 is 1.91 bits per heavy atom. The Bertz CT molecular complexity index is 1790. The highest BCUT2D eigenvalue weighted by Crippen LogP contribution is 2.47. The van der Waals surface area contributed by atoms with Crippen LogP contribution in [0.1, 0.15) is 62.3 Å². The summed E-state index contributed by atoms with van der Waals surface area (Å²) in [6.45, 7) is 13.4. The average Bonchev–Trinajstić information content (AvgIpc) is 3.86. The van der Waals surface area contributed by atoms with Crippen LogP contribution in [0.25, 0.3) is 28.0 Å². The summed E-state index contributed by atoms with van der Waals surface area (Å²) >= 11 is 0. The lowest BCUT2D eigenvalue weighted by atomic mass is 9.99. The number of pyridine rings is 2. The standard InChI is InChI=1S/C34H38N6O3/c1-7-28(41)38-16-17-39(22(5)19-38)32-26-18-25(23-12-13-23)30(24-10-8-9-11-27(24)43-6)36-33(26)40(34(42)37-32)31-21(4)14-15-35-29(31)20(2)3/h7-11,14-15,18,20,22-23H,1,12-13,16-17,19H2,2-6H3/t22-/m0/s1. The van der Waals surface area contributed by atoms with Gasteiger partial charge in [0.05, 0.1) is 29.6 Å². The Hall–Kier alpha value is -4.53. The van der Waals surface area contributed by atoms with Gasteiger partial charge in [-0.15, -0.1) is 0 Å². The molecule has 1 atom stereocenters. The number of para-hydroxylation sites is 1. The van der Waals surface area contributed by atoms with Crippen LogP contribution in [0, 0.1) is 6.92 Å². The minimum absolute atomic E-state index is 0.0618. The molecule has 4 heterocycles. The van der Waals surface area contributed by atoms with E-state index >= 15 is 0 Å². The zero-order valence-corrected chi connectivity index (χ0v) is 25.5. The normalized spacial score (nSPS) is 17.0. The summed E-state index contributed by atoms with van der Waals surface area (Å²) < 4.78 is 7.42. The summed E-state index contributed by atoms with van der Waals surface area (Å²) in [6.07, 6.45) is 5.30. The number of anilines is 1. The molecule has 0 radical (unpaired) electrons. The Kier molecular flexibility index (Phi) is 7.50. The second-order valence-corrected chi connectivity index (χ2v) is 11.9. The first-order chi connectivity index (χ1) is 20.7. The number of carbonyl (C=O) groups is 1. The van der Waals surface area contributed by atoms with E-state index in [4.69, 9.17) is 19.7 Å². The molecule has 2 aliphatic rings. The van der Waals surface area contributed by atoms with Crippen LogP contribution in [0.15, 0.2) is 60.0 Å². The highest BCUT2D eigenvalue weighted by atomic mass is 16.5. The van der Waals surface area contributed by atoms with Crippen molar-refractivity contribution in [2.24, 2.45) is 0 Å². The molecular weight excluding hydrogens is 540 g/mol. The number of rotatable bonds is 7. The van der Waals surface area contributed by atoms with Gasteiger partial charge in [0.15, 0.2) is 5.65 Å². The van der Waals surface area contributed by atoms with E-state index in [1.807, 2.05) is 37.3 Å². The zero-order chi connectivity index (χ0) is 30.4. The van der Waals surface area contributed by atoms with Gasteiger partial charge in [-0.05, 0) is 80.0 Å². The molecule has 3 aromatic heterocycles. The first kappa shape index (κ1) is 28.6. The Balaban J connectivity index is 1.67. The third-order valence-electron chi connectivity index (χ3n) is 8.57. The maximum atomic E-state index is 14.2. The monoisotopic (exact) mass is 578 g/mol. The van der Waals surface area contributed by atoms with Crippen molar-refractivity contribution in [1.29, 1.82) is 0 Å². The van der Waals surface area contributed by atoms with Crippen LogP contribution in [0.4, 0.5) is 5.82 Å². The fourth-order valence-corrected chi connectivity index (χ4v) is 6.21. The van der Waals surface area contributed by atoms with Gasteiger partial charge in [-0.1, -0.05) is 32.6 Å². The first-order valence-corrected chi connectivity index (χ1v) is 15.0. The van der Waals surface area contributed by atoms with Gasteiger partial charge in [0.2, 0.25) is 5.91 Å². The smallest absolute Gasteiger partial charge is 0.355 e. The van der Waals surface area contributed by atoms with Gasteiger partial charge in [-0.25, -0.2) is 14.3 Å². The number of benzene rings is 1.